The average molecular weight is 360 g/mol. The topological polar surface area (TPSA) is 75.5 Å². The molecule has 0 bridgehead atoms. The van der Waals surface area contributed by atoms with Crippen molar-refractivity contribution in [2.24, 2.45) is 11.8 Å². The molecule has 2 aliphatic rings. The second-order valence-electron chi connectivity index (χ2n) is 5.94. The van der Waals surface area contributed by atoms with E-state index in [1.165, 1.54) is 12.1 Å². The number of nitro groups is 1. The van der Waals surface area contributed by atoms with E-state index in [1.54, 1.807) is 11.0 Å². The number of halogens is 2. The molecule has 8 heteroatoms. The molecule has 3 rings (SSSR count). The van der Waals surface area contributed by atoms with Crippen molar-refractivity contribution in [1.29, 1.82) is 0 Å². The molecule has 126 valence electrons. The normalized spacial score (nSPS) is 23.6. The van der Waals surface area contributed by atoms with Gasteiger partial charge in [-0.1, -0.05) is 17.7 Å². The van der Waals surface area contributed by atoms with E-state index in [-0.39, 0.29) is 34.6 Å². The number of hydrogen-bond acceptors (Lipinski definition) is 4. The minimum absolute atomic E-state index is 0. The van der Waals surface area contributed by atoms with E-state index in [2.05, 4.69) is 5.32 Å². The summed E-state index contributed by atoms with van der Waals surface area (Å²) >= 11 is 5.90. The van der Waals surface area contributed by atoms with Crippen LogP contribution in [0.1, 0.15) is 23.2 Å². The highest BCUT2D eigenvalue weighted by Crippen LogP contribution is 2.31. The van der Waals surface area contributed by atoms with Gasteiger partial charge in [0.2, 0.25) is 0 Å². The number of hydrogen-bond donors (Lipinski definition) is 1. The van der Waals surface area contributed by atoms with Crippen LogP contribution < -0.4 is 5.32 Å². The van der Waals surface area contributed by atoms with Crippen LogP contribution in [0.2, 0.25) is 5.02 Å². The quantitative estimate of drug-likeness (QED) is 0.650. The van der Waals surface area contributed by atoms with Gasteiger partial charge in [0.15, 0.2) is 0 Å². The fourth-order valence-electron chi connectivity index (χ4n) is 3.47. The van der Waals surface area contributed by atoms with Crippen LogP contribution in [0.5, 0.6) is 0 Å². The maximum Gasteiger partial charge on any atom is 0.300 e. The van der Waals surface area contributed by atoms with Gasteiger partial charge in [-0.2, -0.15) is 0 Å². The van der Waals surface area contributed by atoms with Gasteiger partial charge >= 0.3 is 5.69 Å². The number of fused-ring (bicyclic) bond motifs is 1. The number of carbonyl (C=O) groups is 1. The number of para-hydroxylation sites is 1. The van der Waals surface area contributed by atoms with E-state index < -0.39 is 4.92 Å². The molecule has 1 amide bonds. The molecule has 0 saturated carbocycles. The third-order valence-corrected chi connectivity index (χ3v) is 5.01. The van der Waals surface area contributed by atoms with E-state index in [9.17, 15) is 14.9 Å². The lowest BCUT2D eigenvalue weighted by Gasteiger charge is -2.21. The molecule has 0 aromatic heterocycles. The van der Waals surface area contributed by atoms with Crippen LogP contribution in [0.15, 0.2) is 18.2 Å². The average Bonchev–Trinajstić information content (AvgIpc) is 2.84. The number of nitro benzene ring substituents is 1. The Kier molecular flexibility index (Phi) is 5.84. The predicted molar refractivity (Wildman–Crippen MR) is 90.3 cm³/mol. The number of benzene rings is 1. The summed E-state index contributed by atoms with van der Waals surface area (Å²) in [6.45, 7) is 3.30. The maximum absolute atomic E-state index is 12.7. The lowest BCUT2D eigenvalue weighted by molar-refractivity contribution is -0.385. The highest BCUT2D eigenvalue weighted by Gasteiger charge is 2.33. The van der Waals surface area contributed by atoms with E-state index in [0.717, 1.165) is 25.9 Å². The first-order valence-electron chi connectivity index (χ1n) is 7.51. The van der Waals surface area contributed by atoms with Crippen LogP contribution in [-0.2, 0) is 0 Å². The smallest absolute Gasteiger partial charge is 0.300 e. The van der Waals surface area contributed by atoms with Crippen LogP contribution in [0, 0.1) is 22.0 Å². The molecule has 2 saturated heterocycles. The fraction of sp³-hybridized carbons (Fsp3) is 0.533. The Labute approximate surface area is 145 Å². The first-order valence-corrected chi connectivity index (χ1v) is 7.88. The third kappa shape index (κ3) is 3.59. The zero-order valence-corrected chi connectivity index (χ0v) is 14.1. The van der Waals surface area contributed by atoms with Gasteiger partial charge in [-0.3, -0.25) is 14.9 Å². The van der Waals surface area contributed by atoms with Crippen LogP contribution in [-0.4, -0.2) is 41.9 Å². The lowest BCUT2D eigenvalue weighted by Crippen LogP contribution is -2.33. The number of nitrogens with zero attached hydrogens (tertiary/aromatic N) is 2. The van der Waals surface area contributed by atoms with Crippen molar-refractivity contribution in [3.63, 3.8) is 0 Å². The van der Waals surface area contributed by atoms with Crippen LogP contribution >= 0.6 is 24.0 Å². The summed E-state index contributed by atoms with van der Waals surface area (Å²) < 4.78 is 0. The summed E-state index contributed by atoms with van der Waals surface area (Å²) in [5.74, 6) is 0.918. The molecule has 0 aliphatic carbocycles. The molecular formula is C15H19Cl2N3O3. The van der Waals surface area contributed by atoms with Gasteiger partial charge in [0, 0.05) is 13.1 Å². The number of carbonyl (C=O) groups excluding carboxylic acids is 1. The summed E-state index contributed by atoms with van der Waals surface area (Å²) in [5, 5.41) is 14.6. The second-order valence-corrected chi connectivity index (χ2v) is 6.35. The zero-order valence-electron chi connectivity index (χ0n) is 12.5. The van der Waals surface area contributed by atoms with E-state index >= 15 is 0 Å². The van der Waals surface area contributed by atoms with Crippen LogP contribution in [0.3, 0.4) is 0 Å². The van der Waals surface area contributed by atoms with Crippen molar-refractivity contribution in [1.82, 2.24) is 10.2 Å². The number of amides is 1. The number of rotatable bonds is 2. The van der Waals surface area contributed by atoms with Gasteiger partial charge in [0.05, 0.1) is 4.92 Å². The van der Waals surface area contributed by atoms with Crippen LogP contribution in [0.4, 0.5) is 5.69 Å². The predicted octanol–water partition coefficient (Wildman–Crippen LogP) is 2.74. The van der Waals surface area contributed by atoms with E-state index in [4.69, 9.17) is 11.6 Å². The largest absolute Gasteiger partial charge is 0.338 e. The standard InChI is InChI=1S/C15H18ClN3O3.ClH/c16-13-3-1-2-12(14(13)19(21)22)15(20)18-6-4-10-8-17-9-11(10)5-7-18;/h1-3,10-11,17H,4-9H2;1H/t10-,11+;. The molecular weight excluding hydrogens is 341 g/mol. The van der Waals surface area contributed by atoms with Gasteiger partial charge in [-0.25, -0.2) is 0 Å². The van der Waals surface area contributed by atoms with Crippen molar-refractivity contribution in [3.05, 3.63) is 38.9 Å². The van der Waals surface area contributed by atoms with Crippen molar-refractivity contribution < 1.29 is 9.72 Å². The van der Waals surface area contributed by atoms with E-state index in [1.807, 2.05) is 0 Å². The Balaban J connectivity index is 0.00000192. The Bertz CT molecular complexity index is 598. The summed E-state index contributed by atoms with van der Waals surface area (Å²) in [6.07, 6.45) is 1.88. The van der Waals surface area contributed by atoms with Gasteiger partial charge in [-0.15, -0.1) is 12.4 Å². The molecule has 1 aromatic rings. The molecule has 23 heavy (non-hydrogen) atoms. The molecule has 0 radical (unpaired) electrons. The summed E-state index contributed by atoms with van der Waals surface area (Å²) in [6, 6.07) is 4.51. The lowest BCUT2D eigenvalue weighted by atomic mass is 9.92. The Morgan fingerprint density at radius 2 is 1.87 bits per heavy atom. The SMILES string of the molecule is Cl.O=C(c1cccc(Cl)c1[N+](=O)[O-])N1CC[C@@H]2CNC[C@@H]2CC1. The van der Waals surface area contributed by atoms with Crippen molar-refractivity contribution in [2.75, 3.05) is 26.2 Å². The zero-order chi connectivity index (χ0) is 15.7. The Morgan fingerprint density at radius 3 is 2.43 bits per heavy atom. The summed E-state index contributed by atoms with van der Waals surface area (Å²) in [7, 11) is 0. The first kappa shape index (κ1) is 18.0. The minimum atomic E-state index is -0.577. The number of likely N-dealkylation sites (tertiary alicyclic amines) is 1. The van der Waals surface area contributed by atoms with Crippen molar-refractivity contribution in [2.45, 2.75) is 12.8 Å². The first-order chi connectivity index (χ1) is 10.6. The fourth-order valence-corrected chi connectivity index (χ4v) is 3.71. The molecule has 0 spiro atoms. The highest BCUT2D eigenvalue weighted by atomic mass is 35.5. The molecule has 0 unspecified atom stereocenters. The highest BCUT2D eigenvalue weighted by molar-refractivity contribution is 6.33. The van der Waals surface area contributed by atoms with Gasteiger partial charge < -0.3 is 10.2 Å². The van der Waals surface area contributed by atoms with Gasteiger partial charge in [0.1, 0.15) is 10.6 Å². The molecule has 2 fully saturated rings. The summed E-state index contributed by atoms with van der Waals surface area (Å²) in [4.78, 5) is 25.1. The van der Waals surface area contributed by atoms with Crippen molar-refractivity contribution >= 4 is 35.6 Å². The molecule has 2 atom stereocenters. The monoisotopic (exact) mass is 359 g/mol. The minimum Gasteiger partial charge on any atom is -0.338 e. The van der Waals surface area contributed by atoms with Crippen molar-refractivity contribution in [3.8, 4) is 0 Å². The van der Waals surface area contributed by atoms with Gasteiger partial charge in [-0.05, 0) is 49.9 Å². The van der Waals surface area contributed by atoms with Gasteiger partial charge in [0.25, 0.3) is 5.91 Å². The molecule has 6 nitrogen and oxygen atoms in total. The van der Waals surface area contributed by atoms with E-state index in [0.29, 0.717) is 24.9 Å². The second kappa shape index (κ2) is 7.47. The molecule has 1 aromatic carbocycles. The molecule has 2 aliphatic heterocycles. The molecule has 1 N–H and O–H groups in total. The summed E-state index contributed by atoms with van der Waals surface area (Å²) in [5.41, 5.74) is -0.206. The Hall–Kier alpha value is -1.37. The Morgan fingerprint density at radius 1 is 1.26 bits per heavy atom. The van der Waals surface area contributed by atoms with Crippen LogP contribution in [0.25, 0.3) is 0 Å². The molecule has 2 heterocycles. The number of nitrogens with one attached hydrogen (secondary N) is 1. The maximum atomic E-state index is 12.7. The third-order valence-electron chi connectivity index (χ3n) is 4.71.